The first kappa shape index (κ1) is 20.9. The lowest BCUT2D eigenvalue weighted by atomic mass is 10.1. The number of rotatable bonds is 10. The van der Waals surface area contributed by atoms with E-state index in [-0.39, 0.29) is 12.4 Å². The third-order valence-corrected chi connectivity index (χ3v) is 4.86. The van der Waals surface area contributed by atoms with Gasteiger partial charge in [-0.05, 0) is 25.0 Å². The first-order valence-corrected chi connectivity index (χ1v) is 9.86. The summed E-state index contributed by atoms with van der Waals surface area (Å²) >= 11 is 0. The van der Waals surface area contributed by atoms with Crippen molar-refractivity contribution >= 4 is 11.3 Å². The smallest absolute Gasteiger partial charge is 0.327 e. The lowest BCUT2D eigenvalue weighted by Crippen LogP contribution is -2.34. The van der Waals surface area contributed by atoms with Crippen LogP contribution in [0, 0.1) is 6.08 Å². The van der Waals surface area contributed by atoms with Gasteiger partial charge in [0.05, 0.1) is 12.3 Å². The SMILES string of the molecule is CCCCOC[C@H]1OC(c2ccc3c(N)nc(F)nn23)[C@H](F)[C@@H]1OCCCC. The lowest BCUT2D eigenvalue weighted by molar-refractivity contribution is -0.0673. The highest BCUT2D eigenvalue weighted by atomic mass is 19.1. The molecule has 3 rings (SSSR count). The maximum absolute atomic E-state index is 15.3. The molecule has 0 aromatic carbocycles. The van der Waals surface area contributed by atoms with Gasteiger partial charge in [-0.3, -0.25) is 0 Å². The quantitative estimate of drug-likeness (QED) is 0.619. The summed E-state index contributed by atoms with van der Waals surface area (Å²) in [5, 5.41) is 3.73. The van der Waals surface area contributed by atoms with Gasteiger partial charge in [0.15, 0.2) is 12.0 Å². The van der Waals surface area contributed by atoms with Crippen LogP contribution in [0.3, 0.4) is 0 Å². The van der Waals surface area contributed by atoms with Crippen LogP contribution >= 0.6 is 0 Å². The van der Waals surface area contributed by atoms with E-state index in [9.17, 15) is 4.39 Å². The summed E-state index contributed by atoms with van der Waals surface area (Å²) in [5.41, 5.74) is 6.51. The number of nitrogens with two attached hydrogens (primary N) is 1. The minimum Gasteiger partial charge on any atom is -0.382 e. The second-order valence-electron chi connectivity index (χ2n) is 6.98. The van der Waals surface area contributed by atoms with Crippen LogP contribution in [-0.4, -0.2) is 52.8 Å². The molecule has 2 aromatic heterocycles. The summed E-state index contributed by atoms with van der Waals surface area (Å²) in [5.74, 6) is -0.0117. The summed E-state index contributed by atoms with van der Waals surface area (Å²) < 4.78 is 47.6. The van der Waals surface area contributed by atoms with Crippen molar-refractivity contribution in [3.63, 3.8) is 0 Å². The molecule has 1 aliphatic heterocycles. The summed E-state index contributed by atoms with van der Waals surface area (Å²) in [4.78, 5) is 3.50. The Bertz CT molecular complexity index is 773. The first-order valence-electron chi connectivity index (χ1n) is 9.86. The zero-order chi connectivity index (χ0) is 20.1. The highest BCUT2D eigenvalue weighted by Gasteiger charge is 2.47. The number of fused-ring (bicyclic) bond motifs is 1. The van der Waals surface area contributed by atoms with Gasteiger partial charge in [0.25, 0.3) is 0 Å². The van der Waals surface area contributed by atoms with Crippen molar-refractivity contribution in [2.45, 2.75) is 64.0 Å². The highest BCUT2D eigenvalue weighted by molar-refractivity contribution is 5.65. The standard InChI is InChI=1S/C19H28F2N4O3/c1-3-5-9-26-11-14-17(27-10-6-4-2)15(20)16(28-14)12-7-8-13-18(22)23-19(21)24-25(12)13/h7-8,14-17H,3-6,9-11H2,1-2H3,(H2,22,23,24)/t14-,15+,16?,17-/m1/s1. The van der Waals surface area contributed by atoms with E-state index in [0.29, 0.717) is 24.4 Å². The Morgan fingerprint density at radius 3 is 2.71 bits per heavy atom. The van der Waals surface area contributed by atoms with Gasteiger partial charge >= 0.3 is 6.08 Å². The summed E-state index contributed by atoms with van der Waals surface area (Å²) in [6, 6.07) is 3.25. The maximum atomic E-state index is 15.3. The van der Waals surface area contributed by atoms with E-state index >= 15 is 4.39 Å². The van der Waals surface area contributed by atoms with Crippen LogP contribution in [0.4, 0.5) is 14.6 Å². The van der Waals surface area contributed by atoms with E-state index in [1.807, 2.05) is 6.92 Å². The van der Waals surface area contributed by atoms with Crippen molar-refractivity contribution in [3.05, 3.63) is 23.9 Å². The number of nitrogens with zero attached hydrogens (tertiary/aromatic N) is 3. The molecule has 0 radical (unpaired) electrons. The molecule has 2 N–H and O–H groups in total. The Morgan fingerprint density at radius 1 is 1.21 bits per heavy atom. The average Bonchev–Trinajstić information content (AvgIpc) is 3.21. The van der Waals surface area contributed by atoms with Gasteiger partial charge < -0.3 is 19.9 Å². The number of unbranched alkanes of at least 4 members (excludes halogenated alkanes) is 2. The van der Waals surface area contributed by atoms with E-state index in [1.165, 1.54) is 4.52 Å². The molecular formula is C19H28F2N4O3. The van der Waals surface area contributed by atoms with Gasteiger partial charge in [-0.1, -0.05) is 26.7 Å². The zero-order valence-corrected chi connectivity index (χ0v) is 16.3. The molecular weight excluding hydrogens is 370 g/mol. The Labute approximate surface area is 163 Å². The predicted octanol–water partition coefficient (Wildman–Crippen LogP) is 3.23. The third kappa shape index (κ3) is 4.42. The Hall–Kier alpha value is -1.84. The van der Waals surface area contributed by atoms with Gasteiger partial charge in [-0.2, -0.15) is 9.37 Å². The van der Waals surface area contributed by atoms with Crippen molar-refractivity contribution in [1.29, 1.82) is 0 Å². The first-order chi connectivity index (χ1) is 13.6. The van der Waals surface area contributed by atoms with Gasteiger partial charge in [0.1, 0.15) is 23.8 Å². The zero-order valence-electron chi connectivity index (χ0n) is 16.3. The predicted molar refractivity (Wildman–Crippen MR) is 100 cm³/mol. The van der Waals surface area contributed by atoms with Crippen LogP contribution in [-0.2, 0) is 14.2 Å². The molecule has 2 aromatic rings. The lowest BCUT2D eigenvalue weighted by Gasteiger charge is -2.20. The van der Waals surface area contributed by atoms with Crippen LogP contribution in [0.5, 0.6) is 0 Å². The molecule has 28 heavy (non-hydrogen) atoms. The number of aromatic nitrogens is 3. The largest absolute Gasteiger partial charge is 0.382 e. The second-order valence-corrected chi connectivity index (χ2v) is 6.98. The molecule has 0 amide bonds. The molecule has 7 nitrogen and oxygen atoms in total. The molecule has 1 fully saturated rings. The number of nitrogen functional groups attached to an aromatic ring is 1. The molecule has 0 aliphatic carbocycles. The van der Waals surface area contributed by atoms with Gasteiger partial charge in [-0.25, -0.2) is 8.91 Å². The molecule has 0 spiro atoms. The molecule has 1 unspecified atom stereocenters. The van der Waals surface area contributed by atoms with Crippen LogP contribution < -0.4 is 5.73 Å². The van der Waals surface area contributed by atoms with Crippen molar-refractivity contribution in [2.75, 3.05) is 25.6 Å². The molecule has 4 atom stereocenters. The highest BCUT2D eigenvalue weighted by Crippen LogP contribution is 2.38. The summed E-state index contributed by atoms with van der Waals surface area (Å²) in [6.07, 6.45) is -0.960. The maximum Gasteiger partial charge on any atom is 0.327 e. The van der Waals surface area contributed by atoms with E-state index in [4.69, 9.17) is 19.9 Å². The average molecular weight is 398 g/mol. The Kier molecular flexibility index (Phi) is 7.14. The van der Waals surface area contributed by atoms with Crippen LogP contribution in [0.2, 0.25) is 0 Å². The normalized spacial score (nSPS) is 25.0. The fourth-order valence-electron chi connectivity index (χ4n) is 3.32. The van der Waals surface area contributed by atoms with Crippen LogP contribution in [0.15, 0.2) is 12.1 Å². The summed E-state index contributed by atoms with van der Waals surface area (Å²) in [7, 11) is 0. The number of anilines is 1. The van der Waals surface area contributed by atoms with Gasteiger partial charge in [0.2, 0.25) is 0 Å². The van der Waals surface area contributed by atoms with E-state index in [0.717, 1.165) is 25.7 Å². The van der Waals surface area contributed by atoms with Crippen LogP contribution in [0.1, 0.15) is 51.3 Å². The fraction of sp³-hybridized carbons (Fsp3) is 0.684. The van der Waals surface area contributed by atoms with Gasteiger partial charge in [-0.15, -0.1) is 5.10 Å². The number of hydrogen-bond donors (Lipinski definition) is 1. The third-order valence-electron chi connectivity index (χ3n) is 4.86. The molecule has 1 saturated heterocycles. The second kappa shape index (κ2) is 9.58. The molecule has 0 bridgehead atoms. The number of alkyl halides is 1. The minimum atomic E-state index is -1.44. The molecule has 0 saturated carbocycles. The molecule has 3 heterocycles. The van der Waals surface area contributed by atoms with Crippen LogP contribution in [0.25, 0.3) is 5.52 Å². The molecule has 156 valence electrons. The molecule has 1 aliphatic rings. The number of halogens is 2. The van der Waals surface area contributed by atoms with Crippen molar-refractivity contribution in [2.24, 2.45) is 0 Å². The fourth-order valence-corrected chi connectivity index (χ4v) is 3.32. The Balaban J connectivity index is 1.81. The van der Waals surface area contributed by atoms with E-state index in [1.54, 1.807) is 12.1 Å². The minimum absolute atomic E-state index is 0.0117. The Morgan fingerprint density at radius 2 is 1.96 bits per heavy atom. The van der Waals surface area contributed by atoms with Crippen molar-refractivity contribution in [3.8, 4) is 0 Å². The molecule has 9 heteroatoms. The van der Waals surface area contributed by atoms with Gasteiger partial charge in [0, 0.05) is 13.2 Å². The topological polar surface area (TPSA) is 83.9 Å². The monoisotopic (exact) mass is 398 g/mol. The number of ether oxygens (including phenoxy) is 3. The number of hydrogen-bond acceptors (Lipinski definition) is 6. The van der Waals surface area contributed by atoms with E-state index < -0.39 is 30.6 Å². The summed E-state index contributed by atoms with van der Waals surface area (Å²) in [6.45, 7) is 5.39. The van der Waals surface area contributed by atoms with Crippen molar-refractivity contribution < 1.29 is 23.0 Å². The van der Waals surface area contributed by atoms with E-state index in [2.05, 4.69) is 17.0 Å². The van der Waals surface area contributed by atoms with Crippen molar-refractivity contribution in [1.82, 2.24) is 14.6 Å².